The van der Waals surface area contributed by atoms with Crippen LogP contribution in [0.25, 0.3) is 11.0 Å². The lowest BCUT2D eigenvalue weighted by molar-refractivity contribution is -0.141. The molecule has 0 aliphatic rings. The second-order valence-electron chi connectivity index (χ2n) is 6.28. The van der Waals surface area contributed by atoms with Crippen LogP contribution in [0.4, 0.5) is 5.69 Å². The second kappa shape index (κ2) is 9.74. The minimum atomic E-state index is -1.64. The Hall–Kier alpha value is -2.85. The molecule has 4 N–H and O–H groups in total. The van der Waals surface area contributed by atoms with E-state index in [0.717, 1.165) is 7.11 Å². The molecular weight excluding hydrogens is 504 g/mol. The molecule has 9 nitrogen and oxygen atoms in total. The lowest BCUT2D eigenvalue weighted by Gasteiger charge is -2.16. The molecule has 13 heteroatoms. The average Bonchev–Trinajstić information content (AvgIpc) is 2.74. The van der Waals surface area contributed by atoms with Crippen molar-refractivity contribution in [1.29, 1.82) is 0 Å². The topological polar surface area (TPSA) is 140 Å². The fraction of sp³-hybridized carbons (Fsp3) is 0.105. The number of carbonyl (C=O) groups excluding carboxylic acids is 2. The Bertz CT molecular complexity index is 1330. The Morgan fingerprint density at radius 2 is 1.81 bits per heavy atom. The summed E-state index contributed by atoms with van der Waals surface area (Å²) in [4.78, 5) is 44.9. The van der Waals surface area contributed by atoms with Crippen LogP contribution in [-0.4, -0.2) is 34.7 Å². The van der Waals surface area contributed by atoms with Crippen LogP contribution in [0.2, 0.25) is 20.1 Å². The molecule has 0 bridgehead atoms. The minimum absolute atomic E-state index is 0.0669. The number of esters is 1. The van der Waals surface area contributed by atoms with Crippen LogP contribution in [0.1, 0.15) is 11.6 Å². The highest BCUT2D eigenvalue weighted by molar-refractivity contribution is 6.49. The number of hydrazone groups is 1. The highest BCUT2D eigenvalue weighted by Crippen LogP contribution is 2.32. The molecular formula is C19H13Cl4N5O4. The van der Waals surface area contributed by atoms with Crippen molar-refractivity contribution in [3.05, 3.63) is 66.5 Å². The van der Waals surface area contributed by atoms with Gasteiger partial charge < -0.3 is 20.9 Å². The molecule has 3 aromatic rings. The number of aromatic nitrogens is 2. The van der Waals surface area contributed by atoms with Crippen molar-refractivity contribution in [2.24, 2.45) is 10.9 Å². The zero-order valence-corrected chi connectivity index (χ0v) is 19.1. The number of hydrogen-bond donors (Lipinski definition) is 3. The number of hydrogen-bond acceptors (Lipinski definition) is 7. The van der Waals surface area contributed by atoms with Crippen LogP contribution in [0.3, 0.4) is 0 Å². The van der Waals surface area contributed by atoms with Gasteiger partial charge in [-0.15, -0.1) is 0 Å². The van der Waals surface area contributed by atoms with Crippen LogP contribution >= 0.6 is 46.4 Å². The zero-order chi connectivity index (χ0) is 23.6. The van der Waals surface area contributed by atoms with Gasteiger partial charge >= 0.3 is 5.97 Å². The lowest BCUT2D eigenvalue weighted by atomic mass is 9.98. The van der Waals surface area contributed by atoms with Crippen molar-refractivity contribution in [3.63, 3.8) is 0 Å². The molecule has 3 rings (SSSR count). The predicted octanol–water partition coefficient (Wildman–Crippen LogP) is 3.75. The molecule has 32 heavy (non-hydrogen) atoms. The number of nitrogens with one attached hydrogen (secondary N) is 2. The van der Waals surface area contributed by atoms with Gasteiger partial charge in [-0.05, 0) is 30.3 Å². The summed E-state index contributed by atoms with van der Waals surface area (Å²) in [5, 5.41) is 6.58. The van der Waals surface area contributed by atoms with E-state index in [0.29, 0.717) is 16.1 Å². The first-order valence-electron chi connectivity index (χ1n) is 8.67. The van der Waals surface area contributed by atoms with Gasteiger partial charge in [0.15, 0.2) is 5.92 Å². The van der Waals surface area contributed by atoms with Gasteiger partial charge in [0, 0.05) is 5.02 Å². The fourth-order valence-electron chi connectivity index (χ4n) is 2.81. The molecule has 0 aliphatic carbocycles. The lowest BCUT2D eigenvalue weighted by Crippen LogP contribution is -2.38. The summed E-state index contributed by atoms with van der Waals surface area (Å²) in [6.07, 6.45) is 0. The number of H-pyrrole nitrogens is 1. The van der Waals surface area contributed by atoms with Crippen molar-refractivity contribution in [2.75, 3.05) is 12.4 Å². The number of ether oxygens (including phenoxy) is 1. The normalized spacial score (nSPS) is 12.5. The standard InChI is InChI=1S/C19H13Cl4N5O4/c1-32-19(31)14(15-17(29)27-13-4-7(20)2-3-11(13)25-15)16(28-24)18(30)26-12-6-9(22)8(21)5-10(12)23/h2-6,14H,24H2,1H3,(H,26,30)(H,27,29)/b28-16+/t14-/m0/s1. The second-order valence-corrected chi connectivity index (χ2v) is 7.94. The van der Waals surface area contributed by atoms with Gasteiger partial charge in [-0.25, -0.2) is 4.98 Å². The van der Waals surface area contributed by atoms with Gasteiger partial charge in [0.25, 0.3) is 11.5 Å². The molecule has 2 aromatic carbocycles. The Morgan fingerprint density at radius 1 is 1.12 bits per heavy atom. The quantitative estimate of drug-likeness (QED) is 0.155. The van der Waals surface area contributed by atoms with Crippen LogP contribution < -0.4 is 16.7 Å². The number of fused-ring (bicyclic) bond motifs is 1. The third-order valence-corrected chi connectivity index (χ3v) is 5.56. The Balaban J connectivity index is 2.07. The largest absolute Gasteiger partial charge is 0.468 e. The third-order valence-electron chi connectivity index (χ3n) is 4.29. The Kier molecular flexibility index (Phi) is 7.25. The fourth-order valence-corrected chi connectivity index (χ4v) is 3.57. The van der Waals surface area contributed by atoms with Gasteiger partial charge in [-0.3, -0.25) is 14.4 Å². The van der Waals surface area contributed by atoms with Gasteiger partial charge in [0.05, 0.1) is 38.9 Å². The summed E-state index contributed by atoms with van der Waals surface area (Å²) in [5.41, 5.74) is -0.963. The number of benzene rings is 2. The van der Waals surface area contributed by atoms with Crippen LogP contribution in [-0.2, 0) is 14.3 Å². The highest BCUT2D eigenvalue weighted by atomic mass is 35.5. The number of nitrogens with two attached hydrogens (primary N) is 1. The number of anilines is 1. The number of rotatable bonds is 5. The summed E-state index contributed by atoms with van der Waals surface area (Å²) in [5.74, 6) is 1.84. The SMILES string of the molecule is COC(=O)[C@H](/C(=N\N)C(=O)Nc1cc(Cl)c(Cl)cc1Cl)c1nc2ccc(Cl)cc2[nH]c1=O. The number of carbonyl (C=O) groups is 2. The first kappa shape index (κ1) is 23.8. The molecule has 1 heterocycles. The van der Waals surface area contributed by atoms with Crippen molar-refractivity contribution in [1.82, 2.24) is 9.97 Å². The van der Waals surface area contributed by atoms with Gasteiger partial charge in [0.1, 0.15) is 11.4 Å². The number of nitrogens with zero attached hydrogens (tertiary/aromatic N) is 2. The van der Waals surface area contributed by atoms with E-state index in [1.165, 1.54) is 24.3 Å². The van der Waals surface area contributed by atoms with Gasteiger partial charge in [-0.1, -0.05) is 46.4 Å². The number of methoxy groups -OCH3 is 1. The molecule has 1 amide bonds. The molecule has 0 spiro atoms. The van der Waals surface area contributed by atoms with Crippen molar-refractivity contribution < 1.29 is 14.3 Å². The first-order valence-corrected chi connectivity index (χ1v) is 10.2. The zero-order valence-electron chi connectivity index (χ0n) is 16.1. The molecule has 0 saturated carbocycles. The van der Waals surface area contributed by atoms with E-state index in [1.54, 1.807) is 6.07 Å². The molecule has 0 radical (unpaired) electrons. The molecule has 0 saturated heterocycles. The first-order chi connectivity index (χ1) is 15.2. The molecule has 0 fully saturated rings. The molecule has 0 aliphatic heterocycles. The molecule has 1 aromatic heterocycles. The maximum atomic E-state index is 12.9. The summed E-state index contributed by atoms with van der Waals surface area (Å²) in [6, 6.07) is 7.18. The average molecular weight is 517 g/mol. The maximum Gasteiger partial charge on any atom is 0.321 e. The summed E-state index contributed by atoms with van der Waals surface area (Å²) in [6.45, 7) is 0. The number of aromatic amines is 1. The monoisotopic (exact) mass is 515 g/mol. The smallest absolute Gasteiger partial charge is 0.321 e. The molecule has 166 valence electrons. The van der Waals surface area contributed by atoms with Crippen LogP contribution in [0, 0.1) is 0 Å². The van der Waals surface area contributed by atoms with Crippen LogP contribution in [0.5, 0.6) is 0 Å². The van der Waals surface area contributed by atoms with E-state index >= 15 is 0 Å². The maximum absolute atomic E-state index is 12.9. The van der Waals surface area contributed by atoms with E-state index in [-0.39, 0.29) is 26.4 Å². The van der Waals surface area contributed by atoms with E-state index in [4.69, 9.17) is 57.0 Å². The number of amides is 1. The van der Waals surface area contributed by atoms with Crippen molar-refractivity contribution in [2.45, 2.75) is 5.92 Å². The summed E-state index contributed by atoms with van der Waals surface area (Å²) < 4.78 is 4.76. The van der Waals surface area contributed by atoms with E-state index < -0.39 is 29.1 Å². The Morgan fingerprint density at radius 3 is 2.47 bits per heavy atom. The van der Waals surface area contributed by atoms with Crippen molar-refractivity contribution in [3.8, 4) is 0 Å². The summed E-state index contributed by atoms with van der Waals surface area (Å²) in [7, 11) is 1.08. The van der Waals surface area contributed by atoms with Gasteiger partial charge in [-0.2, -0.15) is 5.10 Å². The third kappa shape index (κ3) is 4.81. The molecule has 0 unspecified atom stereocenters. The summed E-state index contributed by atoms with van der Waals surface area (Å²) >= 11 is 23.9. The number of halogens is 4. The van der Waals surface area contributed by atoms with Crippen molar-refractivity contribution >= 4 is 80.7 Å². The van der Waals surface area contributed by atoms with Crippen LogP contribution in [0.15, 0.2) is 40.2 Å². The van der Waals surface area contributed by atoms with E-state index in [9.17, 15) is 14.4 Å². The predicted molar refractivity (Wildman–Crippen MR) is 124 cm³/mol. The van der Waals surface area contributed by atoms with E-state index in [2.05, 4.69) is 20.4 Å². The minimum Gasteiger partial charge on any atom is -0.468 e. The van der Waals surface area contributed by atoms with Gasteiger partial charge in [0.2, 0.25) is 0 Å². The highest BCUT2D eigenvalue weighted by Gasteiger charge is 2.36. The van der Waals surface area contributed by atoms with E-state index in [1.807, 2.05) is 0 Å². The molecule has 1 atom stereocenters. The Labute approximate surface area is 200 Å².